The lowest BCUT2D eigenvalue weighted by molar-refractivity contribution is -0.140. The molecule has 3 rings (SSSR count). The fourth-order valence-corrected chi connectivity index (χ4v) is 3.97. The molecule has 1 aromatic carbocycles. The Kier molecular flexibility index (Phi) is 8.74. The van der Waals surface area contributed by atoms with Gasteiger partial charge in [-0.2, -0.15) is 0 Å². The molecule has 33 heavy (non-hydrogen) atoms. The van der Waals surface area contributed by atoms with Crippen LogP contribution in [0.3, 0.4) is 0 Å². The lowest BCUT2D eigenvalue weighted by Crippen LogP contribution is -2.44. The first kappa shape index (κ1) is 24.6. The highest BCUT2D eigenvalue weighted by molar-refractivity contribution is 5.85. The summed E-state index contributed by atoms with van der Waals surface area (Å²) >= 11 is 0. The number of halogens is 1. The summed E-state index contributed by atoms with van der Waals surface area (Å²) in [4.78, 5) is 31.2. The van der Waals surface area contributed by atoms with Gasteiger partial charge in [-0.25, -0.2) is 4.39 Å². The van der Waals surface area contributed by atoms with Crippen LogP contribution in [-0.2, 0) is 9.59 Å². The van der Waals surface area contributed by atoms with Gasteiger partial charge in [0.15, 0.2) is 5.82 Å². The molecule has 7 nitrogen and oxygen atoms in total. The second-order valence-corrected chi connectivity index (χ2v) is 8.92. The summed E-state index contributed by atoms with van der Waals surface area (Å²) in [6.45, 7) is 9.48. The molecule has 0 radical (unpaired) electrons. The minimum atomic E-state index is -0.283. The molecule has 1 aliphatic rings. The van der Waals surface area contributed by atoms with Gasteiger partial charge in [0.05, 0.1) is 12.2 Å². The normalized spacial score (nSPS) is 14.3. The number of benzene rings is 1. The van der Waals surface area contributed by atoms with E-state index in [0.717, 1.165) is 30.8 Å². The van der Waals surface area contributed by atoms with Crippen molar-refractivity contribution in [2.75, 3.05) is 44.2 Å². The Morgan fingerprint density at radius 2 is 1.79 bits per heavy atom. The van der Waals surface area contributed by atoms with Crippen molar-refractivity contribution in [3.05, 3.63) is 42.2 Å². The lowest BCUT2D eigenvalue weighted by Gasteiger charge is -2.27. The molecule has 0 atom stereocenters. The zero-order chi connectivity index (χ0) is 23.8. The Balaban J connectivity index is 1.58. The van der Waals surface area contributed by atoms with Crippen molar-refractivity contribution in [2.24, 2.45) is 5.92 Å². The number of hydrogen-bond acceptors (Lipinski definition) is 5. The van der Waals surface area contributed by atoms with Gasteiger partial charge in [0.2, 0.25) is 11.8 Å². The number of carbonyl (C=O) groups is 2. The predicted molar refractivity (Wildman–Crippen MR) is 127 cm³/mol. The van der Waals surface area contributed by atoms with E-state index in [1.54, 1.807) is 17.0 Å². The molecule has 0 aliphatic carbocycles. The molecule has 1 fully saturated rings. The molecule has 1 aromatic heterocycles. The van der Waals surface area contributed by atoms with Crippen molar-refractivity contribution < 1.29 is 14.0 Å². The average Bonchev–Trinajstić information content (AvgIpc) is 3.05. The summed E-state index contributed by atoms with van der Waals surface area (Å²) in [6, 6.07) is 9.97. The van der Waals surface area contributed by atoms with Crippen molar-refractivity contribution in [2.45, 2.75) is 40.0 Å². The van der Waals surface area contributed by atoms with E-state index in [-0.39, 0.29) is 30.1 Å². The number of nitrogens with zero attached hydrogens (tertiary/aromatic N) is 5. The maximum absolute atomic E-state index is 13.1. The number of amides is 2. The SMILES string of the molecule is CCCN(CC(=O)N1CCCN(c2ccc(-c3ccc(F)cc3)nn2)CC1)C(=O)CC(C)C. The molecule has 2 aromatic rings. The summed E-state index contributed by atoms with van der Waals surface area (Å²) in [5, 5.41) is 8.66. The molecule has 8 heteroatoms. The lowest BCUT2D eigenvalue weighted by atomic mass is 10.1. The van der Waals surface area contributed by atoms with Gasteiger partial charge < -0.3 is 14.7 Å². The van der Waals surface area contributed by atoms with Crippen molar-refractivity contribution in [3.8, 4) is 11.3 Å². The Morgan fingerprint density at radius 3 is 2.42 bits per heavy atom. The number of carbonyl (C=O) groups excluding carboxylic acids is 2. The third-order valence-electron chi connectivity index (χ3n) is 5.72. The molecule has 0 unspecified atom stereocenters. The maximum Gasteiger partial charge on any atom is 0.242 e. The van der Waals surface area contributed by atoms with E-state index in [1.165, 1.54) is 12.1 Å². The van der Waals surface area contributed by atoms with E-state index in [4.69, 9.17) is 0 Å². The van der Waals surface area contributed by atoms with Crippen molar-refractivity contribution >= 4 is 17.6 Å². The molecule has 0 N–H and O–H groups in total. The van der Waals surface area contributed by atoms with Gasteiger partial charge in [-0.3, -0.25) is 9.59 Å². The number of rotatable bonds is 8. The van der Waals surface area contributed by atoms with Gasteiger partial charge in [-0.05, 0) is 55.2 Å². The highest BCUT2D eigenvalue weighted by atomic mass is 19.1. The van der Waals surface area contributed by atoms with E-state index in [2.05, 4.69) is 15.1 Å². The number of hydrogen-bond donors (Lipinski definition) is 0. The van der Waals surface area contributed by atoms with Gasteiger partial charge in [-0.15, -0.1) is 10.2 Å². The van der Waals surface area contributed by atoms with Crippen LogP contribution in [0.2, 0.25) is 0 Å². The summed E-state index contributed by atoms with van der Waals surface area (Å²) < 4.78 is 13.1. The van der Waals surface area contributed by atoms with Crippen molar-refractivity contribution in [3.63, 3.8) is 0 Å². The molecule has 2 amide bonds. The smallest absolute Gasteiger partial charge is 0.242 e. The summed E-state index contributed by atoms with van der Waals surface area (Å²) in [7, 11) is 0. The number of aromatic nitrogens is 2. The van der Waals surface area contributed by atoms with Gasteiger partial charge in [0.25, 0.3) is 0 Å². The quantitative estimate of drug-likeness (QED) is 0.608. The maximum atomic E-state index is 13.1. The molecular formula is C25H34FN5O2. The minimum Gasteiger partial charge on any atom is -0.353 e. The van der Waals surface area contributed by atoms with E-state index in [9.17, 15) is 14.0 Å². The van der Waals surface area contributed by atoms with E-state index in [1.807, 2.05) is 37.8 Å². The first-order valence-corrected chi connectivity index (χ1v) is 11.8. The summed E-state index contributed by atoms with van der Waals surface area (Å²) in [6.07, 6.45) is 2.12. The van der Waals surface area contributed by atoms with Gasteiger partial charge in [-0.1, -0.05) is 20.8 Å². The zero-order valence-electron chi connectivity index (χ0n) is 19.8. The van der Waals surface area contributed by atoms with Crippen LogP contribution in [0.15, 0.2) is 36.4 Å². The Labute approximate surface area is 195 Å². The van der Waals surface area contributed by atoms with E-state index >= 15 is 0 Å². The topological polar surface area (TPSA) is 69.6 Å². The van der Waals surface area contributed by atoms with Crippen LogP contribution in [0, 0.1) is 11.7 Å². The summed E-state index contributed by atoms with van der Waals surface area (Å²) in [5.74, 6) is 0.798. The second-order valence-electron chi connectivity index (χ2n) is 8.92. The third-order valence-corrected chi connectivity index (χ3v) is 5.72. The standard InChI is InChI=1S/C25H34FN5O2/c1-4-12-31(24(32)17-19(2)3)18-25(33)30-14-5-13-29(15-16-30)23-11-10-22(27-28-23)20-6-8-21(26)9-7-20/h6-11,19H,4-5,12-18H2,1-3H3. The van der Waals surface area contributed by atoms with Gasteiger partial charge in [0, 0.05) is 44.7 Å². The first-order valence-electron chi connectivity index (χ1n) is 11.8. The van der Waals surface area contributed by atoms with Crippen LogP contribution in [0.4, 0.5) is 10.2 Å². The Hall–Kier alpha value is -3.03. The highest BCUT2D eigenvalue weighted by Gasteiger charge is 2.24. The first-order chi connectivity index (χ1) is 15.9. The molecule has 0 saturated carbocycles. The highest BCUT2D eigenvalue weighted by Crippen LogP contribution is 2.20. The molecule has 1 aliphatic heterocycles. The molecular weight excluding hydrogens is 421 g/mol. The monoisotopic (exact) mass is 455 g/mol. The predicted octanol–water partition coefficient (Wildman–Crippen LogP) is 3.61. The van der Waals surface area contributed by atoms with Crippen molar-refractivity contribution in [1.29, 1.82) is 0 Å². The van der Waals surface area contributed by atoms with Crippen LogP contribution in [-0.4, -0.2) is 71.1 Å². The average molecular weight is 456 g/mol. The molecule has 178 valence electrons. The van der Waals surface area contributed by atoms with Crippen LogP contribution >= 0.6 is 0 Å². The van der Waals surface area contributed by atoms with Gasteiger partial charge in [0.1, 0.15) is 5.82 Å². The number of anilines is 1. The third kappa shape index (κ3) is 6.97. The van der Waals surface area contributed by atoms with E-state index < -0.39 is 0 Å². The zero-order valence-corrected chi connectivity index (χ0v) is 19.8. The van der Waals surface area contributed by atoms with E-state index in [0.29, 0.717) is 38.3 Å². The molecule has 0 bridgehead atoms. The van der Waals surface area contributed by atoms with Crippen LogP contribution < -0.4 is 4.90 Å². The molecule has 2 heterocycles. The van der Waals surface area contributed by atoms with Crippen molar-refractivity contribution in [1.82, 2.24) is 20.0 Å². The second kappa shape index (κ2) is 11.7. The van der Waals surface area contributed by atoms with Crippen LogP contribution in [0.25, 0.3) is 11.3 Å². The minimum absolute atomic E-state index is 0.000137. The molecule has 0 spiro atoms. The Bertz CT molecular complexity index is 917. The summed E-state index contributed by atoms with van der Waals surface area (Å²) in [5.41, 5.74) is 1.50. The molecule has 1 saturated heterocycles. The Morgan fingerprint density at radius 1 is 1.03 bits per heavy atom. The van der Waals surface area contributed by atoms with Gasteiger partial charge >= 0.3 is 0 Å². The van der Waals surface area contributed by atoms with Crippen LogP contribution in [0.1, 0.15) is 40.0 Å². The fraction of sp³-hybridized carbons (Fsp3) is 0.520. The van der Waals surface area contributed by atoms with Crippen LogP contribution in [0.5, 0.6) is 0 Å². The largest absolute Gasteiger partial charge is 0.353 e. The fourth-order valence-electron chi connectivity index (χ4n) is 3.97.